The van der Waals surface area contributed by atoms with E-state index in [1.54, 1.807) is 11.8 Å². The smallest absolute Gasteiger partial charge is 0.233 e. The first-order chi connectivity index (χ1) is 10.3. The number of nitrogens with one attached hydrogen (secondary N) is 1. The molecule has 1 aromatic carbocycles. The lowest BCUT2D eigenvalue weighted by atomic mass is 10.2. The molecule has 0 unspecified atom stereocenters. The Morgan fingerprint density at radius 3 is 2.90 bits per heavy atom. The Morgan fingerprint density at radius 1 is 1.29 bits per heavy atom. The highest BCUT2D eigenvalue weighted by molar-refractivity contribution is 8.00. The average molecular weight is 301 g/mol. The van der Waals surface area contributed by atoms with Crippen molar-refractivity contribution in [2.24, 2.45) is 7.05 Å². The molecule has 1 saturated heterocycles. The lowest BCUT2D eigenvalue weighted by Gasteiger charge is -2.12. The molecule has 0 aliphatic carbocycles. The van der Waals surface area contributed by atoms with Crippen LogP contribution in [0.2, 0.25) is 0 Å². The number of carbonyl (C=O) groups is 1. The molecule has 0 radical (unpaired) electrons. The Morgan fingerprint density at radius 2 is 2.10 bits per heavy atom. The number of aromatic nitrogens is 2. The number of imidazole rings is 1. The molecular weight excluding hydrogens is 282 g/mol. The SMILES string of the molecule is Cn1c(-c2ccccc2)cnc1S[C@H]1CCCCNC1=O. The van der Waals surface area contributed by atoms with Crippen molar-refractivity contribution in [1.82, 2.24) is 14.9 Å². The standard InChI is InChI=1S/C16H19N3OS/c1-19-13(12-7-3-2-4-8-12)11-18-16(19)21-14-9-5-6-10-17-15(14)20/h2-4,7-8,11,14H,5-6,9-10H2,1H3,(H,17,20)/t14-/m0/s1. The molecule has 4 nitrogen and oxygen atoms in total. The summed E-state index contributed by atoms with van der Waals surface area (Å²) in [5, 5.41) is 3.84. The molecule has 1 aliphatic heterocycles. The van der Waals surface area contributed by atoms with Crippen LogP contribution in [0.15, 0.2) is 41.7 Å². The predicted molar refractivity (Wildman–Crippen MR) is 85.1 cm³/mol. The second kappa shape index (κ2) is 6.35. The highest BCUT2D eigenvalue weighted by Crippen LogP contribution is 2.30. The van der Waals surface area contributed by atoms with Gasteiger partial charge in [-0.05, 0) is 18.4 Å². The third-order valence-electron chi connectivity index (χ3n) is 3.75. The van der Waals surface area contributed by atoms with Gasteiger partial charge in [-0.25, -0.2) is 4.98 Å². The van der Waals surface area contributed by atoms with Crippen LogP contribution in [0.4, 0.5) is 0 Å². The first-order valence-corrected chi connectivity index (χ1v) is 8.15. The lowest BCUT2D eigenvalue weighted by molar-refractivity contribution is -0.120. The largest absolute Gasteiger partial charge is 0.355 e. The maximum absolute atomic E-state index is 12.0. The third-order valence-corrected chi connectivity index (χ3v) is 5.07. The fraction of sp³-hybridized carbons (Fsp3) is 0.375. The van der Waals surface area contributed by atoms with Crippen molar-refractivity contribution in [3.8, 4) is 11.3 Å². The monoisotopic (exact) mass is 301 g/mol. The van der Waals surface area contributed by atoms with Crippen molar-refractivity contribution in [2.45, 2.75) is 29.7 Å². The van der Waals surface area contributed by atoms with Crippen molar-refractivity contribution in [2.75, 3.05) is 6.54 Å². The number of carbonyl (C=O) groups excluding carboxylic acids is 1. The van der Waals surface area contributed by atoms with Gasteiger partial charge in [0.1, 0.15) is 0 Å². The molecule has 3 rings (SSSR count). The van der Waals surface area contributed by atoms with E-state index in [1.807, 2.05) is 31.4 Å². The topological polar surface area (TPSA) is 46.9 Å². The van der Waals surface area contributed by atoms with Gasteiger partial charge in [-0.3, -0.25) is 4.79 Å². The van der Waals surface area contributed by atoms with E-state index in [9.17, 15) is 4.79 Å². The summed E-state index contributed by atoms with van der Waals surface area (Å²) in [6, 6.07) is 10.2. The molecule has 1 N–H and O–H groups in total. The summed E-state index contributed by atoms with van der Waals surface area (Å²) < 4.78 is 2.07. The summed E-state index contributed by atoms with van der Waals surface area (Å²) in [6.45, 7) is 0.797. The van der Waals surface area contributed by atoms with Crippen molar-refractivity contribution >= 4 is 17.7 Å². The molecule has 2 aromatic rings. The first kappa shape index (κ1) is 14.2. The number of hydrogen-bond acceptors (Lipinski definition) is 3. The Kier molecular flexibility index (Phi) is 4.29. The van der Waals surface area contributed by atoms with Crippen molar-refractivity contribution in [1.29, 1.82) is 0 Å². The summed E-state index contributed by atoms with van der Waals surface area (Å²) in [4.78, 5) is 16.5. The molecule has 2 heterocycles. The molecule has 1 fully saturated rings. The number of hydrogen-bond donors (Lipinski definition) is 1. The Bertz CT molecular complexity index is 624. The highest BCUT2D eigenvalue weighted by Gasteiger charge is 2.24. The van der Waals surface area contributed by atoms with Gasteiger partial charge in [-0.2, -0.15) is 0 Å². The van der Waals surface area contributed by atoms with E-state index in [0.717, 1.165) is 42.2 Å². The summed E-state index contributed by atoms with van der Waals surface area (Å²) in [6.07, 6.45) is 4.96. The average Bonchev–Trinajstić information content (AvgIpc) is 2.74. The van der Waals surface area contributed by atoms with Gasteiger partial charge >= 0.3 is 0 Å². The fourth-order valence-electron chi connectivity index (χ4n) is 2.53. The molecule has 110 valence electrons. The quantitative estimate of drug-likeness (QED) is 0.948. The number of nitrogens with zero attached hydrogens (tertiary/aromatic N) is 2. The molecule has 1 aromatic heterocycles. The fourth-order valence-corrected chi connectivity index (χ4v) is 3.63. The summed E-state index contributed by atoms with van der Waals surface area (Å²) in [5.74, 6) is 0.141. The van der Waals surface area contributed by atoms with E-state index >= 15 is 0 Å². The van der Waals surface area contributed by atoms with E-state index in [-0.39, 0.29) is 11.2 Å². The van der Waals surface area contributed by atoms with Crippen LogP contribution >= 0.6 is 11.8 Å². The van der Waals surface area contributed by atoms with Crippen LogP contribution in [0.25, 0.3) is 11.3 Å². The molecule has 1 amide bonds. The molecule has 21 heavy (non-hydrogen) atoms. The minimum absolute atomic E-state index is 0.0303. The second-order valence-corrected chi connectivity index (χ2v) is 6.41. The normalized spacial score (nSPS) is 19.1. The van der Waals surface area contributed by atoms with Crippen LogP contribution in [-0.2, 0) is 11.8 Å². The maximum atomic E-state index is 12.0. The predicted octanol–water partition coefficient (Wildman–Crippen LogP) is 2.85. The van der Waals surface area contributed by atoms with E-state index in [0.29, 0.717) is 0 Å². The molecular formula is C16H19N3OS. The summed E-state index contributed by atoms with van der Waals surface area (Å²) >= 11 is 1.57. The van der Waals surface area contributed by atoms with Crippen molar-refractivity contribution in [3.05, 3.63) is 36.5 Å². The van der Waals surface area contributed by atoms with Gasteiger partial charge in [0.25, 0.3) is 0 Å². The van der Waals surface area contributed by atoms with Crippen LogP contribution < -0.4 is 5.32 Å². The van der Waals surface area contributed by atoms with E-state index in [2.05, 4.69) is 27.0 Å². The van der Waals surface area contributed by atoms with Gasteiger partial charge in [0.15, 0.2) is 5.16 Å². The summed E-state index contributed by atoms with van der Waals surface area (Å²) in [7, 11) is 2.01. The van der Waals surface area contributed by atoms with Gasteiger partial charge in [-0.15, -0.1) is 0 Å². The van der Waals surface area contributed by atoms with Crippen molar-refractivity contribution in [3.63, 3.8) is 0 Å². The van der Waals surface area contributed by atoms with Crippen LogP contribution in [0.3, 0.4) is 0 Å². The van der Waals surface area contributed by atoms with Crippen LogP contribution in [0, 0.1) is 0 Å². The molecule has 1 atom stereocenters. The van der Waals surface area contributed by atoms with E-state index < -0.39 is 0 Å². The molecule has 0 saturated carbocycles. The molecule has 5 heteroatoms. The lowest BCUT2D eigenvalue weighted by Crippen LogP contribution is -2.30. The van der Waals surface area contributed by atoms with E-state index in [1.165, 1.54) is 0 Å². The van der Waals surface area contributed by atoms with Gasteiger partial charge in [0.2, 0.25) is 5.91 Å². The molecule has 0 bridgehead atoms. The van der Waals surface area contributed by atoms with Gasteiger partial charge < -0.3 is 9.88 Å². The molecule has 1 aliphatic rings. The number of rotatable bonds is 3. The van der Waals surface area contributed by atoms with E-state index in [4.69, 9.17) is 0 Å². The van der Waals surface area contributed by atoms with Gasteiger partial charge in [-0.1, -0.05) is 48.5 Å². The first-order valence-electron chi connectivity index (χ1n) is 7.27. The second-order valence-electron chi connectivity index (χ2n) is 5.24. The number of amides is 1. The Hall–Kier alpha value is -1.75. The molecule has 0 spiro atoms. The summed E-state index contributed by atoms with van der Waals surface area (Å²) in [5.41, 5.74) is 2.22. The number of thioether (sulfide) groups is 1. The number of benzene rings is 1. The highest BCUT2D eigenvalue weighted by atomic mass is 32.2. The third kappa shape index (κ3) is 3.13. The van der Waals surface area contributed by atoms with Crippen LogP contribution in [0.5, 0.6) is 0 Å². The zero-order chi connectivity index (χ0) is 14.7. The van der Waals surface area contributed by atoms with Gasteiger partial charge in [0.05, 0.1) is 17.1 Å². The minimum Gasteiger partial charge on any atom is -0.355 e. The maximum Gasteiger partial charge on any atom is 0.233 e. The minimum atomic E-state index is -0.0303. The Balaban J connectivity index is 1.81. The zero-order valence-electron chi connectivity index (χ0n) is 12.1. The van der Waals surface area contributed by atoms with Crippen LogP contribution in [0.1, 0.15) is 19.3 Å². The Labute approximate surface area is 129 Å². The van der Waals surface area contributed by atoms with Crippen molar-refractivity contribution < 1.29 is 4.79 Å². The van der Waals surface area contributed by atoms with Crippen LogP contribution in [-0.4, -0.2) is 27.3 Å². The van der Waals surface area contributed by atoms with Gasteiger partial charge in [0, 0.05) is 13.6 Å². The zero-order valence-corrected chi connectivity index (χ0v) is 12.9.